The maximum Gasteiger partial charge on any atom is -0.0353 e. The van der Waals surface area contributed by atoms with Crippen LogP contribution in [0.25, 0.3) is 0 Å². The molecule has 0 heterocycles. The highest BCUT2D eigenvalue weighted by Crippen LogP contribution is 2.01. The quantitative estimate of drug-likeness (QED) is 0.387. The van der Waals surface area contributed by atoms with E-state index in [1.54, 1.807) is 0 Å². The van der Waals surface area contributed by atoms with Crippen molar-refractivity contribution >= 4 is 0 Å². The summed E-state index contributed by atoms with van der Waals surface area (Å²) < 4.78 is 0. The third-order valence-corrected chi connectivity index (χ3v) is 1.55. The Labute approximate surface area is 91.4 Å². The van der Waals surface area contributed by atoms with Crippen LogP contribution in [0.15, 0.2) is 38.5 Å². The average molecular weight is 196 g/mol. The summed E-state index contributed by atoms with van der Waals surface area (Å²) in [6.45, 7) is 17.4. The SMILES string of the molecule is C=C.C=CCC.C=CCCCCCC. The van der Waals surface area contributed by atoms with Crippen molar-refractivity contribution in [3.8, 4) is 0 Å². The smallest absolute Gasteiger partial charge is 0.0353 e. The Morgan fingerprint density at radius 2 is 1.36 bits per heavy atom. The standard InChI is InChI=1S/C8H16.C4H8.C2H4/c1-3-5-7-8-6-4-2;1-3-4-2;1-2/h3H,1,4-8H2,2H3;3H,1,4H2,2H3;1-2H2. The van der Waals surface area contributed by atoms with Gasteiger partial charge in [-0.25, -0.2) is 0 Å². The molecule has 0 radical (unpaired) electrons. The molecule has 0 atom stereocenters. The average Bonchev–Trinajstić information content (AvgIpc) is 2.28. The fourth-order valence-electron chi connectivity index (χ4n) is 0.715. The lowest BCUT2D eigenvalue weighted by molar-refractivity contribution is 0.675. The summed E-state index contributed by atoms with van der Waals surface area (Å²) >= 11 is 0. The van der Waals surface area contributed by atoms with Gasteiger partial charge in [0, 0.05) is 0 Å². The molecule has 0 N–H and O–H groups in total. The van der Waals surface area contributed by atoms with Crippen molar-refractivity contribution in [1.29, 1.82) is 0 Å². The highest BCUT2D eigenvalue weighted by Gasteiger charge is 1.81. The first-order chi connectivity index (χ1) is 6.83. The van der Waals surface area contributed by atoms with E-state index in [-0.39, 0.29) is 0 Å². The highest BCUT2D eigenvalue weighted by atomic mass is 13.9. The predicted molar refractivity (Wildman–Crippen MR) is 70.7 cm³/mol. The van der Waals surface area contributed by atoms with E-state index in [1.165, 1.54) is 32.1 Å². The van der Waals surface area contributed by atoms with Crippen molar-refractivity contribution < 1.29 is 0 Å². The molecule has 0 aliphatic heterocycles. The molecule has 0 bridgehead atoms. The van der Waals surface area contributed by atoms with E-state index < -0.39 is 0 Å². The monoisotopic (exact) mass is 196 g/mol. The van der Waals surface area contributed by atoms with E-state index in [0.717, 1.165) is 6.42 Å². The minimum atomic E-state index is 1.08. The van der Waals surface area contributed by atoms with E-state index in [2.05, 4.69) is 40.2 Å². The van der Waals surface area contributed by atoms with Crippen LogP contribution in [-0.4, -0.2) is 0 Å². The Morgan fingerprint density at radius 3 is 1.64 bits per heavy atom. The molecular formula is C14H28. The van der Waals surface area contributed by atoms with Gasteiger partial charge in [-0.05, 0) is 19.3 Å². The molecule has 0 spiro atoms. The second-order valence-electron chi connectivity index (χ2n) is 2.83. The van der Waals surface area contributed by atoms with Crippen LogP contribution in [0.2, 0.25) is 0 Å². The van der Waals surface area contributed by atoms with Crippen LogP contribution >= 0.6 is 0 Å². The molecule has 0 rings (SSSR count). The summed E-state index contributed by atoms with van der Waals surface area (Å²) in [6.07, 6.45) is 11.6. The third kappa shape index (κ3) is 43.0. The molecule has 0 fully saturated rings. The highest BCUT2D eigenvalue weighted by molar-refractivity contribution is 4.65. The first-order valence-electron chi connectivity index (χ1n) is 5.55. The molecule has 0 aliphatic carbocycles. The summed E-state index contributed by atoms with van der Waals surface area (Å²) in [5.74, 6) is 0. The van der Waals surface area contributed by atoms with Crippen LogP contribution in [0.3, 0.4) is 0 Å². The fourth-order valence-corrected chi connectivity index (χ4v) is 0.715. The van der Waals surface area contributed by atoms with Gasteiger partial charge in [-0.1, -0.05) is 45.3 Å². The van der Waals surface area contributed by atoms with Gasteiger partial charge in [0.25, 0.3) is 0 Å². The Bertz CT molecular complexity index is 92.2. The summed E-state index contributed by atoms with van der Waals surface area (Å²) in [5, 5.41) is 0. The van der Waals surface area contributed by atoms with E-state index in [9.17, 15) is 0 Å². The second kappa shape index (κ2) is 29.5. The molecule has 0 heteroatoms. The molecular weight excluding hydrogens is 168 g/mol. The van der Waals surface area contributed by atoms with Crippen LogP contribution in [0.1, 0.15) is 52.4 Å². The molecule has 0 saturated carbocycles. The number of hydrogen-bond acceptors (Lipinski definition) is 0. The number of rotatable bonds is 6. The lowest BCUT2D eigenvalue weighted by Crippen LogP contribution is -1.71. The van der Waals surface area contributed by atoms with Crippen LogP contribution in [0, 0.1) is 0 Å². The van der Waals surface area contributed by atoms with Crippen molar-refractivity contribution in [3.05, 3.63) is 38.5 Å². The largest absolute Gasteiger partial charge is 0.106 e. The molecule has 0 saturated heterocycles. The van der Waals surface area contributed by atoms with Crippen molar-refractivity contribution in [2.45, 2.75) is 52.4 Å². The lowest BCUT2D eigenvalue weighted by atomic mass is 10.2. The molecule has 0 nitrogen and oxygen atoms in total. The predicted octanol–water partition coefficient (Wildman–Crippen LogP) is 5.53. The Balaban J connectivity index is -0.000000170. The number of allylic oxidation sites excluding steroid dienone is 2. The van der Waals surface area contributed by atoms with E-state index in [0.29, 0.717) is 0 Å². The summed E-state index contributed by atoms with van der Waals surface area (Å²) in [4.78, 5) is 0. The minimum Gasteiger partial charge on any atom is -0.106 e. The van der Waals surface area contributed by atoms with Crippen molar-refractivity contribution in [2.75, 3.05) is 0 Å². The van der Waals surface area contributed by atoms with Gasteiger partial charge in [0.05, 0.1) is 0 Å². The molecule has 0 amide bonds. The first kappa shape index (κ1) is 18.9. The van der Waals surface area contributed by atoms with Gasteiger partial charge >= 0.3 is 0 Å². The molecule has 84 valence electrons. The van der Waals surface area contributed by atoms with E-state index in [1.807, 2.05) is 12.2 Å². The zero-order chi connectivity index (χ0) is 11.7. The van der Waals surface area contributed by atoms with Gasteiger partial charge in [-0.3, -0.25) is 0 Å². The summed E-state index contributed by atoms with van der Waals surface area (Å²) in [7, 11) is 0. The summed E-state index contributed by atoms with van der Waals surface area (Å²) in [6, 6.07) is 0. The zero-order valence-corrected chi connectivity index (χ0v) is 10.2. The zero-order valence-electron chi connectivity index (χ0n) is 10.2. The minimum absolute atomic E-state index is 1.08. The Kier molecular flexibility index (Phi) is 39.8. The van der Waals surface area contributed by atoms with Gasteiger partial charge < -0.3 is 0 Å². The lowest BCUT2D eigenvalue weighted by Gasteiger charge is -1.91. The van der Waals surface area contributed by atoms with Crippen LogP contribution < -0.4 is 0 Å². The maximum absolute atomic E-state index is 3.66. The summed E-state index contributed by atoms with van der Waals surface area (Å²) in [5.41, 5.74) is 0. The van der Waals surface area contributed by atoms with E-state index in [4.69, 9.17) is 0 Å². The van der Waals surface area contributed by atoms with Gasteiger partial charge in [-0.15, -0.1) is 26.3 Å². The van der Waals surface area contributed by atoms with Crippen LogP contribution in [0.5, 0.6) is 0 Å². The number of unbranched alkanes of at least 4 members (excludes halogenated alkanes) is 4. The fraction of sp³-hybridized carbons (Fsp3) is 0.571. The molecule has 0 aromatic heterocycles. The van der Waals surface area contributed by atoms with Crippen LogP contribution in [-0.2, 0) is 0 Å². The Morgan fingerprint density at radius 1 is 0.857 bits per heavy atom. The topological polar surface area (TPSA) is 0 Å². The van der Waals surface area contributed by atoms with Gasteiger partial charge in [0.1, 0.15) is 0 Å². The third-order valence-electron chi connectivity index (χ3n) is 1.55. The van der Waals surface area contributed by atoms with Gasteiger partial charge in [0.15, 0.2) is 0 Å². The molecule has 0 aliphatic rings. The van der Waals surface area contributed by atoms with Crippen molar-refractivity contribution in [2.24, 2.45) is 0 Å². The molecule has 0 aromatic carbocycles. The molecule has 0 unspecified atom stereocenters. The first-order valence-corrected chi connectivity index (χ1v) is 5.55. The normalized spacial score (nSPS) is 7.29. The Hall–Kier alpha value is -0.780. The van der Waals surface area contributed by atoms with Crippen molar-refractivity contribution in [3.63, 3.8) is 0 Å². The second-order valence-corrected chi connectivity index (χ2v) is 2.83. The van der Waals surface area contributed by atoms with Gasteiger partial charge in [0.2, 0.25) is 0 Å². The molecule has 0 aromatic rings. The van der Waals surface area contributed by atoms with E-state index >= 15 is 0 Å². The van der Waals surface area contributed by atoms with Crippen LogP contribution in [0.4, 0.5) is 0 Å². The molecule has 14 heavy (non-hydrogen) atoms. The maximum atomic E-state index is 3.66. The van der Waals surface area contributed by atoms with Crippen molar-refractivity contribution in [1.82, 2.24) is 0 Å². The van der Waals surface area contributed by atoms with Gasteiger partial charge in [-0.2, -0.15) is 0 Å². The number of hydrogen-bond donors (Lipinski definition) is 0.